The van der Waals surface area contributed by atoms with E-state index in [0.29, 0.717) is 6.04 Å². The predicted octanol–water partition coefficient (Wildman–Crippen LogP) is 4.01. The molecule has 1 rings (SSSR count). The molecule has 0 amide bonds. The Kier molecular flexibility index (Phi) is 5.67. The molecule has 1 aromatic rings. The van der Waals surface area contributed by atoms with Crippen molar-refractivity contribution in [2.75, 3.05) is 14.2 Å². The first kappa shape index (κ1) is 15.0. The fraction of sp³-hybridized carbons (Fsp3) is 0.625. The highest BCUT2D eigenvalue weighted by molar-refractivity contribution is 5.44. The third kappa shape index (κ3) is 3.74. The minimum atomic E-state index is 0.440. The van der Waals surface area contributed by atoms with E-state index in [1.807, 2.05) is 7.05 Å². The van der Waals surface area contributed by atoms with Crippen LogP contribution in [0.2, 0.25) is 0 Å². The molecule has 0 fully saturated rings. The molecule has 0 heterocycles. The molecule has 1 atom stereocenters. The third-order valence-corrected chi connectivity index (χ3v) is 3.47. The largest absolute Gasteiger partial charge is 0.496 e. The maximum absolute atomic E-state index is 5.42. The van der Waals surface area contributed by atoms with Crippen LogP contribution < -0.4 is 10.1 Å². The molecule has 0 aromatic heterocycles. The summed E-state index contributed by atoms with van der Waals surface area (Å²) in [7, 11) is 3.78. The fourth-order valence-electron chi connectivity index (χ4n) is 2.48. The van der Waals surface area contributed by atoms with Gasteiger partial charge in [0.1, 0.15) is 5.75 Å². The van der Waals surface area contributed by atoms with Crippen LogP contribution in [0.15, 0.2) is 12.1 Å². The summed E-state index contributed by atoms with van der Waals surface area (Å²) in [6, 6.07) is 4.93. The smallest absolute Gasteiger partial charge is 0.124 e. The average molecular weight is 249 g/mol. The van der Waals surface area contributed by atoms with Crippen LogP contribution in [-0.2, 0) is 0 Å². The summed E-state index contributed by atoms with van der Waals surface area (Å²) in [5.74, 6) is 1.76. The monoisotopic (exact) mass is 249 g/mol. The Morgan fingerprint density at radius 1 is 1.11 bits per heavy atom. The van der Waals surface area contributed by atoms with Crippen LogP contribution >= 0.6 is 0 Å². The van der Waals surface area contributed by atoms with E-state index >= 15 is 0 Å². The van der Waals surface area contributed by atoms with E-state index in [-0.39, 0.29) is 0 Å². The molecule has 102 valence electrons. The van der Waals surface area contributed by atoms with Crippen LogP contribution in [0.5, 0.6) is 5.75 Å². The molecule has 1 unspecified atom stereocenters. The lowest BCUT2D eigenvalue weighted by molar-refractivity contribution is 0.407. The van der Waals surface area contributed by atoms with Crippen molar-refractivity contribution in [2.45, 2.75) is 46.6 Å². The summed E-state index contributed by atoms with van der Waals surface area (Å²) in [5.41, 5.74) is 3.81. The van der Waals surface area contributed by atoms with Gasteiger partial charge in [-0.3, -0.25) is 0 Å². The molecule has 0 bridgehead atoms. The number of aryl methyl sites for hydroxylation is 2. The standard InChI is InChI=1S/C16H27NO/c1-11(2)7-8-15(17-5)14-9-12(3)16(18-6)13(4)10-14/h9-11,15,17H,7-8H2,1-6H3. The Bertz CT molecular complexity index is 362. The third-order valence-electron chi connectivity index (χ3n) is 3.47. The highest BCUT2D eigenvalue weighted by Crippen LogP contribution is 2.29. The number of rotatable bonds is 6. The quantitative estimate of drug-likeness (QED) is 0.822. The zero-order chi connectivity index (χ0) is 13.7. The second kappa shape index (κ2) is 6.79. The Balaban J connectivity index is 2.93. The highest BCUT2D eigenvalue weighted by atomic mass is 16.5. The SMILES string of the molecule is CNC(CCC(C)C)c1cc(C)c(OC)c(C)c1. The topological polar surface area (TPSA) is 21.3 Å². The van der Waals surface area contributed by atoms with Crippen molar-refractivity contribution in [1.82, 2.24) is 5.32 Å². The summed E-state index contributed by atoms with van der Waals surface area (Å²) in [5, 5.41) is 3.42. The summed E-state index contributed by atoms with van der Waals surface area (Å²) in [6.45, 7) is 8.78. The van der Waals surface area contributed by atoms with E-state index in [4.69, 9.17) is 4.74 Å². The van der Waals surface area contributed by atoms with Crippen molar-refractivity contribution in [3.8, 4) is 5.75 Å². The van der Waals surface area contributed by atoms with Crippen molar-refractivity contribution in [3.05, 3.63) is 28.8 Å². The lowest BCUT2D eigenvalue weighted by Gasteiger charge is -2.20. The molecular formula is C16H27NO. The molecule has 0 radical (unpaired) electrons. The minimum absolute atomic E-state index is 0.440. The van der Waals surface area contributed by atoms with E-state index in [1.54, 1.807) is 7.11 Å². The lowest BCUT2D eigenvalue weighted by Crippen LogP contribution is -2.17. The van der Waals surface area contributed by atoms with Gasteiger partial charge >= 0.3 is 0 Å². The Hall–Kier alpha value is -1.02. The normalized spacial score (nSPS) is 12.8. The van der Waals surface area contributed by atoms with Crippen LogP contribution in [0.4, 0.5) is 0 Å². The molecule has 0 aliphatic heterocycles. The lowest BCUT2D eigenvalue weighted by atomic mass is 9.95. The van der Waals surface area contributed by atoms with Gasteiger partial charge in [-0.25, -0.2) is 0 Å². The van der Waals surface area contributed by atoms with Gasteiger partial charge in [0, 0.05) is 6.04 Å². The van der Waals surface area contributed by atoms with Crippen LogP contribution in [0.3, 0.4) is 0 Å². The number of methoxy groups -OCH3 is 1. The molecule has 0 aliphatic rings. The van der Waals surface area contributed by atoms with Gasteiger partial charge in [0.25, 0.3) is 0 Å². The minimum Gasteiger partial charge on any atom is -0.496 e. The number of ether oxygens (including phenoxy) is 1. The number of hydrogen-bond acceptors (Lipinski definition) is 2. The molecule has 2 nitrogen and oxygen atoms in total. The van der Waals surface area contributed by atoms with E-state index < -0.39 is 0 Å². The van der Waals surface area contributed by atoms with Gasteiger partial charge in [-0.05, 0) is 56.3 Å². The van der Waals surface area contributed by atoms with E-state index in [9.17, 15) is 0 Å². The second-order valence-electron chi connectivity index (χ2n) is 5.50. The van der Waals surface area contributed by atoms with Crippen molar-refractivity contribution in [2.24, 2.45) is 5.92 Å². The summed E-state index contributed by atoms with van der Waals surface area (Å²) >= 11 is 0. The van der Waals surface area contributed by atoms with Crippen molar-refractivity contribution in [1.29, 1.82) is 0 Å². The zero-order valence-electron chi connectivity index (χ0n) is 12.6. The summed E-state index contributed by atoms with van der Waals surface area (Å²) < 4.78 is 5.42. The molecule has 1 N–H and O–H groups in total. The van der Waals surface area contributed by atoms with Gasteiger partial charge in [-0.15, -0.1) is 0 Å². The first-order valence-electron chi connectivity index (χ1n) is 6.82. The van der Waals surface area contributed by atoms with Gasteiger partial charge in [0.15, 0.2) is 0 Å². The molecule has 0 saturated heterocycles. The average Bonchev–Trinajstić information content (AvgIpc) is 2.29. The highest BCUT2D eigenvalue weighted by Gasteiger charge is 2.13. The van der Waals surface area contributed by atoms with Crippen molar-refractivity contribution in [3.63, 3.8) is 0 Å². The van der Waals surface area contributed by atoms with Gasteiger partial charge in [-0.2, -0.15) is 0 Å². The first-order valence-corrected chi connectivity index (χ1v) is 6.82. The number of nitrogens with one attached hydrogen (secondary N) is 1. The zero-order valence-corrected chi connectivity index (χ0v) is 12.6. The van der Waals surface area contributed by atoms with Crippen LogP contribution in [-0.4, -0.2) is 14.2 Å². The van der Waals surface area contributed by atoms with Gasteiger partial charge < -0.3 is 10.1 Å². The van der Waals surface area contributed by atoms with Crippen LogP contribution in [0.25, 0.3) is 0 Å². The van der Waals surface area contributed by atoms with E-state index in [2.05, 4.69) is 45.1 Å². The molecule has 0 saturated carbocycles. The number of hydrogen-bond donors (Lipinski definition) is 1. The molecule has 0 spiro atoms. The van der Waals surface area contributed by atoms with Crippen LogP contribution in [0, 0.1) is 19.8 Å². The first-order chi connectivity index (χ1) is 8.49. The maximum atomic E-state index is 5.42. The Labute approximate surface area is 112 Å². The fourth-order valence-corrected chi connectivity index (χ4v) is 2.48. The Morgan fingerprint density at radius 3 is 2.06 bits per heavy atom. The van der Waals surface area contributed by atoms with Crippen LogP contribution in [0.1, 0.15) is 49.4 Å². The van der Waals surface area contributed by atoms with Crippen molar-refractivity contribution < 1.29 is 4.74 Å². The van der Waals surface area contributed by atoms with E-state index in [0.717, 1.165) is 11.7 Å². The molecular weight excluding hydrogens is 222 g/mol. The summed E-state index contributed by atoms with van der Waals surface area (Å²) in [4.78, 5) is 0. The molecule has 2 heteroatoms. The molecule has 1 aromatic carbocycles. The van der Waals surface area contributed by atoms with E-state index in [1.165, 1.54) is 29.5 Å². The maximum Gasteiger partial charge on any atom is 0.124 e. The predicted molar refractivity (Wildman–Crippen MR) is 78.3 cm³/mol. The number of benzene rings is 1. The van der Waals surface area contributed by atoms with Gasteiger partial charge in [0.05, 0.1) is 7.11 Å². The van der Waals surface area contributed by atoms with Gasteiger partial charge in [0.2, 0.25) is 0 Å². The van der Waals surface area contributed by atoms with Crippen molar-refractivity contribution >= 4 is 0 Å². The van der Waals surface area contributed by atoms with Gasteiger partial charge in [-0.1, -0.05) is 26.0 Å². The summed E-state index contributed by atoms with van der Waals surface area (Å²) in [6.07, 6.45) is 2.43. The Morgan fingerprint density at radius 2 is 1.67 bits per heavy atom. The molecule has 18 heavy (non-hydrogen) atoms. The second-order valence-corrected chi connectivity index (χ2v) is 5.50. The molecule has 0 aliphatic carbocycles.